The molecular formula is C19H18ClFN4O2S. The molecule has 2 heterocycles. The molecule has 0 saturated carbocycles. The zero-order chi connectivity index (χ0) is 19.9. The SMILES string of the molecule is NCC(CCl)COc1sncc1NC(=O)c1cccc(-c2ccccc2F)n1. The molecule has 2 aromatic heterocycles. The standard InChI is InChI=1S/C19H18ClFN4O2S/c20-8-12(9-22)11-27-19-17(10-23-28-19)25-18(26)16-7-3-6-15(24-16)13-4-1-2-5-14(13)21/h1-7,10,12H,8-9,11,22H2,(H,25,26). The van der Waals surface area contributed by atoms with Crippen LogP contribution in [0.15, 0.2) is 48.7 Å². The number of ether oxygens (including phenoxy) is 1. The molecule has 1 aromatic carbocycles. The number of carbonyl (C=O) groups excluding carboxylic acids is 1. The van der Waals surface area contributed by atoms with Gasteiger partial charge in [0.25, 0.3) is 5.91 Å². The Morgan fingerprint density at radius 2 is 2.11 bits per heavy atom. The molecule has 0 radical (unpaired) electrons. The van der Waals surface area contributed by atoms with Gasteiger partial charge in [-0.2, -0.15) is 4.37 Å². The number of benzene rings is 1. The second-order valence-electron chi connectivity index (χ2n) is 5.94. The minimum Gasteiger partial charge on any atom is -0.481 e. The van der Waals surface area contributed by atoms with Gasteiger partial charge in [0.15, 0.2) is 0 Å². The quantitative estimate of drug-likeness (QED) is 0.541. The van der Waals surface area contributed by atoms with E-state index in [-0.39, 0.29) is 11.6 Å². The van der Waals surface area contributed by atoms with E-state index in [4.69, 9.17) is 22.1 Å². The summed E-state index contributed by atoms with van der Waals surface area (Å²) >= 11 is 6.92. The molecule has 0 aliphatic heterocycles. The zero-order valence-corrected chi connectivity index (χ0v) is 16.3. The molecule has 3 N–H and O–H groups in total. The van der Waals surface area contributed by atoms with Gasteiger partial charge in [-0.05, 0) is 30.8 Å². The van der Waals surface area contributed by atoms with Crippen molar-refractivity contribution in [3.8, 4) is 16.3 Å². The van der Waals surface area contributed by atoms with Gasteiger partial charge in [0.1, 0.15) is 17.2 Å². The largest absolute Gasteiger partial charge is 0.481 e. The number of alkyl halides is 1. The highest BCUT2D eigenvalue weighted by Crippen LogP contribution is 2.30. The molecule has 0 aliphatic rings. The van der Waals surface area contributed by atoms with Crippen LogP contribution in [-0.2, 0) is 0 Å². The van der Waals surface area contributed by atoms with E-state index in [9.17, 15) is 9.18 Å². The summed E-state index contributed by atoms with van der Waals surface area (Å²) in [5.74, 6) is -0.467. The van der Waals surface area contributed by atoms with Gasteiger partial charge >= 0.3 is 0 Å². The molecule has 1 atom stereocenters. The van der Waals surface area contributed by atoms with Crippen LogP contribution in [0.2, 0.25) is 0 Å². The highest BCUT2D eigenvalue weighted by Gasteiger charge is 2.16. The average molecular weight is 421 g/mol. The number of rotatable bonds is 8. The number of hydrogen-bond donors (Lipinski definition) is 2. The monoisotopic (exact) mass is 420 g/mol. The third-order valence-electron chi connectivity index (χ3n) is 3.92. The maximum atomic E-state index is 14.0. The van der Waals surface area contributed by atoms with Crippen LogP contribution in [-0.4, -0.2) is 34.3 Å². The summed E-state index contributed by atoms with van der Waals surface area (Å²) in [6.45, 7) is 0.725. The Morgan fingerprint density at radius 1 is 1.29 bits per heavy atom. The number of nitrogens with one attached hydrogen (secondary N) is 1. The van der Waals surface area contributed by atoms with Crippen LogP contribution in [0.4, 0.5) is 10.1 Å². The van der Waals surface area contributed by atoms with Gasteiger partial charge < -0.3 is 15.8 Å². The molecule has 1 amide bonds. The van der Waals surface area contributed by atoms with Crippen LogP contribution in [0.3, 0.4) is 0 Å². The summed E-state index contributed by atoms with van der Waals surface area (Å²) in [4.78, 5) is 16.9. The molecule has 1 unspecified atom stereocenters. The lowest BCUT2D eigenvalue weighted by atomic mass is 10.1. The summed E-state index contributed by atoms with van der Waals surface area (Å²) in [5.41, 5.74) is 6.89. The van der Waals surface area contributed by atoms with Crippen molar-refractivity contribution in [1.82, 2.24) is 9.36 Å². The van der Waals surface area contributed by atoms with Gasteiger partial charge in [-0.15, -0.1) is 11.6 Å². The number of amides is 1. The maximum absolute atomic E-state index is 14.0. The Labute approximate surface area is 170 Å². The van der Waals surface area contributed by atoms with Crippen molar-refractivity contribution in [2.75, 3.05) is 24.3 Å². The molecule has 0 bridgehead atoms. The summed E-state index contributed by atoms with van der Waals surface area (Å²) in [6, 6.07) is 11.1. The molecule has 9 heteroatoms. The van der Waals surface area contributed by atoms with Crippen molar-refractivity contribution >= 4 is 34.7 Å². The van der Waals surface area contributed by atoms with E-state index in [2.05, 4.69) is 14.7 Å². The number of carbonyl (C=O) groups is 1. The second kappa shape index (κ2) is 9.59. The molecule has 28 heavy (non-hydrogen) atoms. The van der Waals surface area contributed by atoms with Gasteiger partial charge in [-0.1, -0.05) is 18.2 Å². The third-order valence-corrected chi connectivity index (χ3v) is 5.07. The predicted molar refractivity (Wildman–Crippen MR) is 108 cm³/mol. The molecule has 6 nitrogen and oxygen atoms in total. The number of nitrogens with zero attached hydrogens (tertiary/aromatic N) is 2. The van der Waals surface area contributed by atoms with Gasteiger partial charge in [-0.3, -0.25) is 4.79 Å². The van der Waals surface area contributed by atoms with Crippen LogP contribution >= 0.6 is 23.1 Å². The summed E-state index contributed by atoms with van der Waals surface area (Å²) < 4.78 is 23.7. The van der Waals surface area contributed by atoms with Crippen molar-refractivity contribution in [3.05, 3.63) is 60.2 Å². The highest BCUT2D eigenvalue weighted by molar-refractivity contribution is 7.08. The molecule has 0 spiro atoms. The Morgan fingerprint density at radius 3 is 2.86 bits per heavy atom. The fraction of sp³-hybridized carbons (Fsp3) is 0.211. The van der Waals surface area contributed by atoms with Gasteiger partial charge in [0, 0.05) is 28.9 Å². The number of hydrogen-bond acceptors (Lipinski definition) is 6. The molecular weight excluding hydrogens is 403 g/mol. The average Bonchev–Trinajstić information content (AvgIpc) is 3.16. The van der Waals surface area contributed by atoms with Crippen molar-refractivity contribution < 1.29 is 13.9 Å². The summed E-state index contributed by atoms with van der Waals surface area (Å²) in [7, 11) is 0. The van der Waals surface area contributed by atoms with Crippen LogP contribution < -0.4 is 15.8 Å². The van der Waals surface area contributed by atoms with E-state index < -0.39 is 11.7 Å². The van der Waals surface area contributed by atoms with Crippen molar-refractivity contribution in [2.45, 2.75) is 0 Å². The lowest BCUT2D eigenvalue weighted by Gasteiger charge is -2.12. The predicted octanol–water partition coefficient (Wildman–Crippen LogP) is 3.79. The Bertz CT molecular complexity index is 949. The highest BCUT2D eigenvalue weighted by atomic mass is 35.5. The van der Waals surface area contributed by atoms with Crippen molar-refractivity contribution in [1.29, 1.82) is 0 Å². The van der Waals surface area contributed by atoms with E-state index in [1.54, 1.807) is 36.4 Å². The topological polar surface area (TPSA) is 90.1 Å². The Hall–Kier alpha value is -2.55. The maximum Gasteiger partial charge on any atom is 0.274 e. The number of anilines is 1. The zero-order valence-electron chi connectivity index (χ0n) is 14.8. The first-order valence-electron chi connectivity index (χ1n) is 8.49. The lowest BCUT2D eigenvalue weighted by Crippen LogP contribution is -2.23. The Kier molecular flexibility index (Phi) is 6.91. The van der Waals surface area contributed by atoms with E-state index in [0.29, 0.717) is 41.0 Å². The first kappa shape index (κ1) is 20.2. The molecule has 146 valence electrons. The van der Waals surface area contributed by atoms with Gasteiger partial charge in [-0.25, -0.2) is 9.37 Å². The molecule has 0 fully saturated rings. The molecule has 0 aliphatic carbocycles. The summed E-state index contributed by atoms with van der Waals surface area (Å²) in [5, 5.41) is 3.18. The normalized spacial score (nSPS) is 11.8. The van der Waals surface area contributed by atoms with E-state index in [0.717, 1.165) is 11.5 Å². The lowest BCUT2D eigenvalue weighted by molar-refractivity contribution is 0.102. The fourth-order valence-corrected chi connectivity index (χ4v) is 3.14. The first-order valence-corrected chi connectivity index (χ1v) is 9.80. The second-order valence-corrected chi connectivity index (χ2v) is 7.01. The minimum absolute atomic E-state index is 0.00596. The minimum atomic E-state index is -0.448. The van der Waals surface area contributed by atoms with E-state index >= 15 is 0 Å². The first-order chi connectivity index (χ1) is 13.6. The van der Waals surface area contributed by atoms with Crippen molar-refractivity contribution in [2.24, 2.45) is 11.7 Å². The van der Waals surface area contributed by atoms with Crippen LogP contribution in [0.1, 0.15) is 10.5 Å². The smallest absolute Gasteiger partial charge is 0.274 e. The molecule has 0 saturated heterocycles. The molecule has 3 aromatic rings. The number of pyridine rings is 1. The van der Waals surface area contributed by atoms with E-state index in [1.807, 2.05) is 0 Å². The number of halogens is 2. The van der Waals surface area contributed by atoms with Crippen LogP contribution in [0.25, 0.3) is 11.3 Å². The van der Waals surface area contributed by atoms with Gasteiger partial charge in [0.2, 0.25) is 5.06 Å². The van der Waals surface area contributed by atoms with Crippen molar-refractivity contribution in [3.63, 3.8) is 0 Å². The number of aromatic nitrogens is 2. The summed E-state index contributed by atoms with van der Waals surface area (Å²) in [6.07, 6.45) is 1.50. The fourth-order valence-electron chi connectivity index (χ4n) is 2.35. The molecule has 3 rings (SSSR count). The van der Waals surface area contributed by atoms with Gasteiger partial charge in [0.05, 0.1) is 18.5 Å². The van der Waals surface area contributed by atoms with Crippen LogP contribution in [0, 0.1) is 11.7 Å². The number of nitrogens with two attached hydrogens (primary N) is 1. The van der Waals surface area contributed by atoms with Crippen LogP contribution in [0.5, 0.6) is 5.06 Å². The van der Waals surface area contributed by atoms with E-state index in [1.165, 1.54) is 12.3 Å². The Balaban J connectivity index is 1.74. The third kappa shape index (κ3) is 4.83.